The van der Waals surface area contributed by atoms with Crippen molar-refractivity contribution >= 4 is 17.2 Å². The lowest BCUT2D eigenvalue weighted by Gasteiger charge is -2.15. The molecule has 0 spiro atoms. The molecule has 2 rings (SSSR count). The number of nitrogens with two attached hydrogens (primary N) is 1. The highest BCUT2D eigenvalue weighted by Gasteiger charge is 2.30. The zero-order valence-corrected chi connectivity index (χ0v) is 11.3. The lowest BCUT2D eigenvalue weighted by atomic mass is 10.2. The molecule has 3 N–H and O–H groups in total. The average Bonchev–Trinajstić information content (AvgIpc) is 3.07. The first kappa shape index (κ1) is 12.5. The minimum Gasteiger partial charge on any atom is -0.383 e. The first-order valence-electron chi connectivity index (χ1n) is 6.22. The first-order valence-corrected chi connectivity index (χ1v) is 7.03. The summed E-state index contributed by atoms with van der Waals surface area (Å²) in [6, 6.07) is 0. The maximum absolute atomic E-state index is 7.62. The van der Waals surface area contributed by atoms with E-state index in [1.807, 2.05) is 0 Å². The summed E-state index contributed by atoms with van der Waals surface area (Å²) in [6.07, 6.45) is 2.41. The standard InChI is InChI=1S/C12H20N4S/c1-3-16(4-2)7-9-15-10(8-5-6-8)11(17-9)12(13)14/h8H,3-7H2,1-2H3,(H3,13,14). The molecule has 0 aliphatic heterocycles. The molecule has 1 aromatic rings. The molecule has 0 saturated heterocycles. The summed E-state index contributed by atoms with van der Waals surface area (Å²) in [5, 5.41) is 8.72. The summed E-state index contributed by atoms with van der Waals surface area (Å²) in [4.78, 5) is 7.92. The lowest BCUT2D eigenvalue weighted by Crippen LogP contribution is -2.21. The number of nitrogens with one attached hydrogen (secondary N) is 1. The molecule has 1 saturated carbocycles. The maximum atomic E-state index is 7.62. The van der Waals surface area contributed by atoms with Gasteiger partial charge in [-0.05, 0) is 25.9 Å². The van der Waals surface area contributed by atoms with Crippen LogP contribution in [0.25, 0.3) is 0 Å². The highest BCUT2D eigenvalue weighted by molar-refractivity contribution is 7.13. The lowest BCUT2D eigenvalue weighted by molar-refractivity contribution is 0.295. The Kier molecular flexibility index (Phi) is 3.79. The van der Waals surface area contributed by atoms with Gasteiger partial charge < -0.3 is 5.73 Å². The number of nitrogens with zero attached hydrogens (tertiary/aromatic N) is 2. The van der Waals surface area contributed by atoms with Crippen LogP contribution in [0, 0.1) is 5.41 Å². The van der Waals surface area contributed by atoms with Gasteiger partial charge in [-0.2, -0.15) is 0 Å². The van der Waals surface area contributed by atoms with Gasteiger partial charge in [0.25, 0.3) is 0 Å². The van der Waals surface area contributed by atoms with Gasteiger partial charge in [0.1, 0.15) is 10.8 Å². The molecule has 0 atom stereocenters. The molecule has 17 heavy (non-hydrogen) atoms. The third-order valence-corrected chi connectivity index (χ3v) is 4.25. The fourth-order valence-corrected chi connectivity index (χ4v) is 2.96. The number of thiazole rings is 1. The molecule has 1 heterocycles. The van der Waals surface area contributed by atoms with Crippen molar-refractivity contribution < 1.29 is 0 Å². The van der Waals surface area contributed by atoms with E-state index in [9.17, 15) is 0 Å². The van der Waals surface area contributed by atoms with E-state index in [0.29, 0.717) is 5.92 Å². The Morgan fingerprint density at radius 1 is 1.47 bits per heavy atom. The molecule has 0 aromatic carbocycles. The van der Waals surface area contributed by atoms with Crippen LogP contribution in [0.15, 0.2) is 0 Å². The fourth-order valence-electron chi connectivity index (χ4n) is 1.91. The highest BCUT2D eigenvalue weighted by atomic mass is 32.1. The Morgan fingerprint density at radius 3 is 2.59 bits per heavy atom. The van der Waals surface area contributed by atoms with Crippen LogP contribution < -0.4 is 5.73 Å². The van der Waals surface area contributed by atoms with Crippen LogP contribution in [-0.4, -0.2) is 28.8 Å². The Labute approximate surface area is 106 Å². The van der Waals surface area contributed by atoms with E-state index in [-0.39, 0.29) is 5.84 Å². The molecule has 1 aliphatic rings. The zero-order valence-electron chi connectivity index (χ0n) is 10.5. The molecule has 0 radical (unpaired) electrons. The van der Waals surface area contributed by atoms with Crippen LogP contribution in [0.3, 0.4) is 0 Å². The SMILES string of the molecule is CCN(CC)Cc1nc(C2CC2)c(C(=N)N)s1. The molecular formula is C12H20N4S. The predicted molar refractivity (Wildman–Crippen MR) is 71.7 cm³/mol. The Balaban J connectivity index is 2.18. The highest BCUT2D eigenvalue weighted by Crippen LogP contribution is 2.42. The van der Waals surface area contributed by atoms with E-state index in [2.05, 4.69) is 23.7 Å². The maximum Gasteiger partial charge on any atom is 0.135 e. The summed E-state index contributed by atoms with van der Waals surface area (Å²) in [6.45, 7) is 7.26. The second kappa shape index (κ2) is 5.14. The van der Waals surface area contributed by atoms with Crippen LogP contribution in [0.5, 0.6) is 0 Å². The normalized spacial score (nSPS) is 15.5. The number of hydrogen-bond donors (Lipinski definition) is 2. The van der Waals surface area contributed by atoms with Crippen molar-refractivity contribution in [2.45, 2.75) is 39.2 Å². The predicted octanol–water partition coefficient (Wildman–Crippen LogP) is 2.15. The largest absolute Gasteiger partial charge is 0.383 e. The Bertz CT molecular complexity index is 405. The van der Waals surface area contributed by atoms with Crippen LogP contribution in [0.1, 0.15) is 48.2 Å². The number of hydrogen-bond acceptors (Lipinski definition) is 4. The molecule has 1 fully saturated rings. The summed E-state index contributed by atoms with van der Waals surface area (Å²) in [5.74, 6) is 0.741. The monoisotopic (exact) mass is 252 g/mol. The Morgan fingerprint density at radius 2 is 2.12 bits per heavy atom. The van der Waals surface area contributed by atoms with Gasteiger partial charge in [0.05, 0.1) is 17.1 Å². The minimum absolute atomic E-state index is 0.176. The number of rotatable bonds is 6. The number of nitrogen functional groups attached to an aromatic ring is 1. The van der Waals surface area contributed by atoms with E-state index in [0.717, 1.165) is 35.2 Å². The summed E-state index contributed by atoms with van der Waals surface area (Å²) in [5.41, 5.74) is 6.70. The quantitative estimate of drug-likeness (QED) is 0.602. The smallest absolute Gasteiger partial charge is 0.135 e. The minimum atomic E-state index is 0.176. The number of aromatic nitrogens is 1. The van der Waals surface area contributed by atoms with E-state index < -0.39 is 0 Å². The third kappa shape index (κ3) is 2.84. The molecule has 5 heteroatoms. The molecule has 0 amide bonds. The van der Waals surface area contributed by atoms with Crippen molar-refractivity contribution in [2.24, 2.45) is 5.73 Å². The molecular weight excluding hydrogens is 232 g/mol. The molecule has 0 bridgehead atoms. The van der Waals surface area contributed by atoms with E-state index in [1.165, 1.54) is 12.8 Å². The Hall–Kier alpha value is -0.940. The second-order valence-electron chi connectivity index (χ2n) is 4.47. The van der Waals surface area contributed by atoms with Gasteiger partial charge in [0.2, 0.25) is 0 Å². The second-order valence-corrected chi connectivity index (χ2v) is 5.55. The van der Waals surface area contributed by atoms with Gasteiger partial charge >= 0.3 is 0 Å². The summed E-state index contributed by atoms with van der Waals surface area (Å²) < 4.78 is 0. The van der Waals surface area contributed by atoms with Gasteiger partial charge in [-0.1, -0.05) is 13.8 Å². The third-order valence-electron chi connectivity index (χ3n) is 3.16. The summed E-state index contributed by atoms with van der Waals surface area (Å²) >= 11 is 1.59. The van der Waals surface area contributed by atoms with Gasteiger partial charge in [0, 0.05) is 5.92 Å². The van der Waals surface area contributed by atoms with E-state index in [1.54, 1.807) is 11.3 Å². The van der Waals surface area contributed by atoms with Crippen molar-refractivity contribution in [1.29, 1.82) is 5.41 Å². The van der Waals surface area contributed by atoms with Crippen molar-refractivity contribution in [1.82, 2.24) is 9.88 Å². The first-order chi connectivity index (χ1) is 8.15. The number of amidine groups is 1. The average molecular weight is 252 g/mol. The van der Waals surface area contributed by atoms with Crippen LogP contribution in [0.4, 0.5) is 0 Å². The van der Waals surface area contributed by atoms with E-state index >= 15 is 0 Å². The summed E-state index contributed by atoms with van der Waals surface area (Å²) in [7, 11) is 0. The van der Waals surface area contributed by atoms with Gasteiger partial charge in [-0.3, -0.25) is 10.3 Å². The van der Waals surface area contributed by atoms with Crippen molar-refractivity contribution in [3.63, 3.8) is 0 Å². The molecule has 1 aliphatic carbocycles. The van der Waals surface area contributed by atoms with Crippen LogP contribution in [0.2, 0.25) is 0 Å². The van der Waals surface area contributed by atoms with Gasteiger partial charge in [-0.15, -0.1) is 11.3 Å². The fraction of sp³-hybridized carbons (Fsp3) is 0.667. The van der Waals surface area contributed by atoms with Crippen LogP contribution in [-0.2, 0) is 6.54 Å². The van der Waals surface area contributed by atoms with Crippen molar-refractivity contribution in [2.75, 3.05) is 13.1 Å². The molecule has 94 valence electrons. The van der Waals surface area contributed by atoms with Crippen LogP contribution >= 0.6 is 11.3 Å². The molecule has 0 unspecified atom stereocenters. The molecule has 1 aromatic heterocycles. The van der Waals surface area contributed by atoms with Crippen molar-refractivity contribution in [3.05, 3.63) is 15.6 Å². The molecule has 4 nitrogen and oxygen atoms in total. The zero-order chi connectivity index (χ0) is 12.4. The van der Waals surface area contributed by atoms with Gasteiger partial charge in [-0.25, -0.2) is 4.98 Å². The van der Waals surface area contributed by atoms with Crippen molar-refractivity contribution in [3.8, 4) is 0 Å². The topological polar surface area (TPSA) is 66.0 Å². The van der Waals surface area contributed by atoms with Gasteiger partial charge in [0.15, 0.2) is 0 Å². The van der Waals surface area contributed by atoms with E-state index in [4.69, 9.17) is 11.1 Å².